The molecule has 0 rings (SSSR count). The number of nitrogens with zero attached hydrogens (tertiary/aromatic N) is 1. The SMILES string of the molecule is CCCN(CCC)C(=O)COC(C)CN. The van der Waals surface area contributed by atoms with E-state index in [1.54, 1.807) is 0 Å². The molecule has 0 radical (unpaired) electrons. The van der Waals surface area contributed by atoms with Crippen LogP contribution >= 0.6 is 0 Å². The van der Waals surface area contributed by atoms with Crippen LogP contribution in [0, 0.1) is 0 Å². The summed E-state index contributed by atoms with van der Waals surface area (Å²) in [5, 5.41) is 0. The molecule has 0 aliphatic heterocycles. The van der Waals surface area contributed by atoms with E-state index >= 15 is 0 Å². The highest BCUT2D eigenvalue weighted by Gasteiger charge is 2.12. The second-order valence-electron chi connectivity index (χ2n) is 3.74. The molecule has 0 bridgehead atoms. The van der Waals surface area contributed by atoms with Crippen LogP contribution in [-0.2, 0) is 9.53 Å². The number of hydrogen-bond donors (Lipinski definition) is 1. The molecule has 0 aliphatic rings. The van der Waals surface area contributed by atoms with Crippen molar-refractivity contribution in [3.05, 3.63) is 0 Å². The molecule has 0 heterocycles. The van der Waals surface area contributed by atoms with Crippen LogP contribution in [0.3, 0.4) is 0 Å². The molecule has 4 nitrogen and oxygen atoms in total. The Balaban J connectivity index is 3.90. The van der Waals surface area contributed by atoms with Gasteiger partial charge in [-0.25, -0.2) is 0 Å². The molecule has 0 aromatic rings. The van der Waals surface area contributed by atoms with Gasteiger partial charge >= 0.3 is 0 Å². The van der Waals surface area contributed by atoms with Gasteiger partial charge in [-0.2, -0.15) is 0 Å². The van der Waals surface area contributed by atoms with Crippen LogP contribution < -0.4 is 5.73 Å². The Kier molecular flexibility index (Phi) is 8.33. The van der Waals surface area contributed by atoms with Gasteiger partial charge in [0, 0.05) is 19.6 Å². The number of carbonyl (C=O) groups is 1. The fraction of sp³-hybridized carbons (Fsp3) is 0.909. The fourth-order valence-electron chi connectivity index (χ4n) is 1.27. The van der Waals surface area contributed by atoms with Crippen molar-refractivity contribution in [3.8, 4) is 0 Å². The molecule has 0 aromatic heterocycles. The van der Waals surface area contributed by atoms with Gasteiger partial charge in [0.25, 0.3) is 0 Å². The molecule has 1 atom stereocenters. The molecule has 15 heavy (non-hydrogen) atoms. The summed E-state index contributed by atoms with van der Waals surface area (Å²) in [5.74, 6) is 0.0685. The molecule has 0 saturated heterocycles. The van der Waals surface area contributed by atoms with Crippen molar-refractivity contribution in [2.45, 2.75) is 39.7 Å². The average molecular weight is 216 g/mol. The monoisotopic (exact) mass is 216 g/mol. The van der Waals surface area contributed by atoms with Gasteiger partial charge in [0.2, 0.25) is 5.91 Å². The van der Waals surface area contributed by atoms with Crippen LogP contribution in [0.25, 0.3) is 0 Å². The van der Waals surface area contributed by atoms with Gasteiger partial charge in [0.1, 0.15) is 6.61 Å². The smallest absolute Gasteiger partial charge is 0.248 e. The largest absolute Gasteiger partial charge is 0.367 e. The average Bonchev–Trinajstić information content (AvgIpc) is 2.25. The lowest BCUT2D eigenvalue weighted by Gasteiger charge is -2.22. The first kappa shape index (κ1) is 14.4. The van der Waals surface area contributed by atoms with Crippen molar-refractivity contribution in [1.82, 2.24) is 4.90 Å². The van der Waals surface area contributed by atoms with Crippen LogP contribution in [0.5, 0.6) is 0 Å². The first-order valence-electron chi connectivity index (χ1n) is 5.75. The Morgan fingerprint density at radius 2 is 1.87 bits per heavy atom. The number of nitrogens with two attached hydrogens (primary N) is 1. The highest BCUT2D eigenvalue weighted by atomic mass is 16.5. The van der Waals surface area contributed by atoms with Gasteiger partial charge < -0.3 is 15.4 Å². The molecule has 1 amide bonds. The van der Waals surface area contributed by atoms with Crippen LogP contribution in [0.15, 0.2) is 0 Å². The first-order valence-corrected chi connectivity index (χ1v) is 5.75. The van der Waals surface area contributed by atoms with Gasteiger partial charge in [-0.1, -0.05) is 13.8 Å². The second kappa shape index (κ2) is 8.68. The van der Waals surface area contributed by atoms with Crippen LogP contribution in [0.1, 0.15) is 33.6 Å². The van der Waals surface area contributed by atoms with E-state index in [2.05, 4.69) is 13.8 Å². The van der Waals surface area contributed by atoms with Gasteiger partial charge in [0.05, 0.1) is 6.10 Å². The van der Waals surface area contributed by atoms with Gasteiger partial charge in [0.15, 0.2) is 0 Å². The van der Waals surface area contributed by atoms with Crippen molar-refractivity contribution in [3.63, 3.8) is 0 Å². The third kappa shape index (κ3) is 6.47. The Bertz CT molecular complexity index is 168. The maximum Gasteiger partial charge on any atom is 0.248 e. The van der Waals surface area contributed by atoms with E-state index in [0.29, 0.717) is 6.54 Å². The predicted molar refractivity (Wildman–Crippen MR) is 61.6 cm³/mol. The zero-order valence-corrected chi connectivity index (χ0v) is 10.2. The van der Waals surface area contributed by atoms with E-state index in [9.17, 15) is 4.79 Å². The maximum absolute atomic E-state index is 11.7. The highest BCUT2D eigenvalue weighted by Crippen LogP contribution is 1.97. The lowest BCUT2D eigenvalue weighted by molar-refractivity contribution is -0.137. The van der Waals surface area contributed by atoms with E-state index < -0.39 is 0 Å². The fourth-order valence-corrected chi connectivity index (χ4v) is 1.27. The summed E-state index contributed by atoms with van der Waals surface area (Å²) in [5.41, 5.74) is 5.40. The molecule has 0 aliphatic carbocycles. The third-order valence-electron chi connectivity index (χ3n) is 2.16. The Hall–Kier alpha value is -0.610. The molecule has 0 aromatic carbocycles. The predicted octanol–water partition coefficient (Wildman–Crippen LogP) is 0.999. The summed E-state index contributed by atoms with van der Waals surface area (Å²) in [6.07, 6.45) is 1.93. The molecular weight excluding hydrogens is 192 g/mol. The minimum Gasteiger partial charge on any atom is -0.367 e. The zero-order chi connectivity index (χ0) is 11.7. The minimum absolute atomic E-state index is 0.0425. The van der Waals surface area contributed by atoms with Crippen LogP contribution in [0.2, 0.25) is 0 Å². The second-order valence-corrected chi connectivity index (χ2v) is 3.74. The Labute approximate surface area is 92.8 Å². The highest BCUT2D eigenvalue weighted by molar-refractivity contribution is 5.77. The number of rotatable bonds is 8. The number of hydrogen-bond acceptors (Lipinski definition) is 3. The molecule has 2 N–H and O–H groups in total. The molecule has 0 saturated carbocycles. The molecular formula is C11H24N2O2. The summed E-state index contributed by atoms with van der Waals surface area (Å²) >= 11 is 0. The topological polar surface area (TPSA) is 55.6 Å². The zero-order valence-electron chi connectivity index (χ0n) is 10.2. The van der Waals surface area contributed by atoms with Gasteiger partial charge in [-0.3, -0.25) is 4.79 Å². The molecule has 1 unspecified atom stereocenters. The van der Waals surface area contributed by atoms with Crippen LogP contribution in [-0.4, -0.2) is 43.2 Å². The van der Waals surface area contributed by atoms with Crippen LogP contribution in [0.4, 0.5) is 0 Å². The summed E-state index contributed by atoms with van der Waals surface area (Å²) in [6.45, 7) is 8.24. The van der Waals surface area contributed by atoms with Crippen molar-refractivity contribution in [2.75, 3.05) is 26.2 Å². The van der Waals surface area contributed by atoms with E-state index in [1.165, 1.54) is 0 Å². The lowest BCUT2D eigenvalue weighted by Crippen LogP contribution is -2.36. The van der Waals surface area contributed by atoms with E-state index in [1.807, 2.05) is 11.8 Å². The van der Waals surface area contributed by atoms with E-state index in [0.717, 1.165) is 25.9 Å². The van der Waals surface area contributed by atoms with E-state index in [-0.39, 0.29) is 18.6 Å². The van der Waals surface area contributed by atoms with Gasteiger partial charge in [-0.15, -0.1) is 0 Å². The van der Waals surface area contributed by atoms with Crippen molar-refractivity contribution < 1.29 is 9.53 Å². The van der Waals surface area contributed by atoms with Gasteiger partial charge in [-0.05, 0) is 19.8 Å². The van der Waals surface area contributed by atoms with Crippen molar-refractivity contribution in [2.24, 2.45) is 5.73 Å². The molecule has 90 valence electrons. The lowest BCUT2D eigenvalue weighted by atomic mass is 10.3. The summed E-state index contributed by atoms with van der Waals surface area (Å²) in [4.78, 5) is 13.6. The normalized spacial score (nSPS) is 12.5. The standard InChI is InChI=1S/C11H24N2O2/c1-4-6-13(7-5-2)11(14)9-15-10(3)8-12/h10H,4-9,12H2,1-3H3. The number of amides is 1. The molecule has 4 heteroatoms. The Morgan fingerprint density at radius 1 is 1.33 bits per heavy atom. The third-order valence-corrected chi connectivity index (χ3v) is 2.16. The quantitative estimate of drug-likeness (QED) is 0.658. The summed E-state index contributed by atoms with van der Waals surface area (Å²) in [7, 11) is 0. The summed E-state index contributed by atoms with van der Waals surface area (Å²) < 4.78 is 5.31. The summed E-state index contributed by atoms with van der Waals surface area (Å²) in [6, 6.07) is 0. The minimum atomic E-state index is -0.0425. The first-order chi connectivity index (χ1) is 7.15. The molecule has 0 fully saturated rings. The molecule has 0 spiro atoms. The Morgan fingerprint density at radius 3 is 2.27 bits per heavy atom. The maximum atomic E-state index is 11.7. The number of ether oxygens (including phenoxy) is 1. The van der Waals surface area contributed by atoms with E-state index in [4.69, 9.17) is 10.5 Å². The van der Waals surface area contributed by atoms with Crippen molar-refractivity contribution >= 4 is 5.91 Å². The van der Waals surface area contributed by atoms with Crippen molar-refractivity contribution in [1.29, 1.82) is 0 Å². The number of carbonyl (C=O) groups excluding carboxylic acids is 1.